The molecule has 3 rings (SSSR count). The van der Waals surface area contributed by atoms with Gasteiger partial charge >= 0.3 is 0 Å². The third kappa shape index (κ3) is 4.79. The fourth-order valence-corrected chi connectivity index (χ4v) is 2.55. The molecule has 5 heteroatoms. The molecular formula is C22H28FNO3. The second kappa shape index (κ2) is 9.20. The summed E-state index contributed by atoms with van der Waals surface area (Å²) in [5, 5.41) is 11.4. The number of hydrogen-bond acceptors (Lipinski definition) is 4. The van der Waals surface area contributed by atoms with Crippen LogP contribution in [0.2, 0.25) is 0 Å². The Balaban J connectivity index is 2.19. The molecule has 0 aromatic heterocycles. The molecule has 0 radical (unpaired) electrons. The second-order valence-corrected chi connectivity index (χ2v) is 5.70. The van der Waals surface area contributed by atoms with Gasteiger partial charge < -0.3 is 19.5 Å². The Kier molecular flexibility index (Phi) is 2.76. The molecule has 0 spiro atoms. The van der Waals surface area contributed by atoms with E-state index in [4.69, 9.17) is 30.0 Å². The van der Waals surface area contributed by atoms with E-state index < -0.39 is 81.2 Å². The molecule has 1 atom stereocenters. The molecule has 146 valence electrons. The molecule has 1 aliphatic rings. The number of ether oxygens (including phenoxy) is 2. The molecule has 2 aromatic carbocycles. The minimum Gasteiger partial charge on any atom is -0.493 e. The molecule has 1 fully saturated rings. The second-order valence-electron chi connectivity index (χ2n) is 5.70. The van der Waals surface area contributed by atoms with E-state index in [1.807, 2.05) is 0 Å². The van der Waals surface area contributed by atoms with E-state index in [2.05, 4.69) is 0 Å². The van der Waals surface area contributed by atoms with Crippen molar-refractivity contribution >= 4 is 0 Å². The first kappa shape index (κ1) is 8.10. The lowest BCUT2D eigenvalue weighted by Crippen LogP contribution is -2.36. The smallest absolute Gasteiger partial charge is 0.166 e. The standard InChI is InChI=1S/C22H28FNO3/c1-26-20-5-3-4-19(22(20)27-2)21(25)17-11-14-24(15-12-17)13-10-16-6-8-18(23)9-7-16/h3-9,17,21,25H,10-15H2,1-2H3/t21-/m1/s1/i1D3,2D3,11D2,12D2,14D2,15D2,17D. The molecule has 1 heterocycles. The monoisotopic (exact) mass is 388 g/mol. The summed E-state index contributed by atoms with van der Waals surface area (Å²) in [5.41, 5.74) is -0.466. The van der Waals surface area contributed by atoms with Gasteiger partial charge in [0.2, 0.25) is 0 Å². The van der Waals surface area contributed by atoms with Crippen molar-refractivity contribution in [1.82, 2.24) is 4.90 Å². The van der Waals surface area contributed by atoms with Gasteiger partial charge in [-0.05, 0) is 61.8 Å². The van der Waals surface area contributed by atoms with E-state index >= 15 is 0 Å². The summed E-state index contributed by atoms with van der Waals surface area (Å²) in [6.07, 6.45) is -10.5. The predicted octanol–water partition coefficient (Wildman–Crippen LogP) is 3.83. The van der Waals surface area contributed by atoms with E-state index in [1.54, 1.807) is 0 Å². The third-order valence-corrected chi connectivity index (χ3v) is 3.98. The molecule has 0 amide bonds. The quantitative estimate of drug-likeness (QED) is 0.783. The Morgan fingerprint density at radius 2 is 1.96 bits per heavy atom. The van der Waals surface area contributed by atoms with E-state index in [0.29, 0.717) is 5.56 Å². The maximum Gasteiger partial charge on any atom is 0.166 e. The van der Waals surface area contributed by atoms with Crippen LogP contribution in [0.4, 0.5) is 4.39 Å². The van der Waals surface area contributed by atoms with Crippen LogP contribution in [-0.2, 0) is 6.42 Å². The average molecular weight is 389 g/mol. The Hall–Kier alpha value is -2.11. The van der Waals surface area contributed by atoms with Gasteiger partial charge in [-0.3, -0.25) is 0 Å². The van der Waals surface area contributed by atoms with E-state index in [1.165, 1.54) is 12.1 Å². The van der Waals surface area contributed by atoms with Crippen molar-refractivity contribution in [3.8, 4) is 11.5 Å². The van der Waals surface area contributed by atoms with Gasteiger partial charge in [0.25, 0.3) is 0 Å². The number of methoxy groups -OCH3 is 2. The SMILES string of the molecule is [2H]C([2H])([2H])Oc1cccc([C@H](O)C2([2H])C([2H])([2H])C([2H])([2H])N(CCc3ccc(F)cc3)C([2H])([2H])C2([2H])[2H])c1OC([2H])([2H])[2H]. The molecule has 0 unspecified atom stereocenters. The van der Waals surface area contributed by atoms with Crippen LogP contribution in [-0.4, -0.2) is 43.6 Å². The summed E-state index contributed by atoms with van der Waals surface area (Å²) in [7, 11) is -6.49. The number of nitrogens with zero attached hydrogens (tertiary/aromatic N) is 1. The van der Waals surface area contributed by atoms with Crippen molar-refractivity contribution in [2.75, 3.05) is 33.6 Å². The normalized spacial score (nSPS) is 34.7. The Morgan fingerprint density at radius 3 is 2.67 bits per heavy atom. The molecule has 1 saturated heterocycles. The summed E-state index contributed by atoms with van der Waals surface area (Å²) >= 11 is 0. The van der Waals surface area contributed by atoms with E-state index in [0.717, 1.165) is 30.3 Å². The number of likely N-dealkylation sites (tertiary alicyclic amines) is 1. The highest BCUT2D eigenvalue weighted by Crippen LogP contribution is 2.39. The zero-order valence-corrected chi connectivity index (χ0v) is 14.1. The van der Waals surface area contributed by atoms with Crippen molar-refractivity contribution in [2.24, 2.45) is 5.89 Å². The molecule has 0 aliphatic carbocycles. The molecule has 27 heavy (non-hydrogen) atoms. The summed E-state index contributed by atoms with van der Waals surface area (Å²) < 4.78 is 145. The zero-order chi connectivity index (χ0) is 32.3. The highest BCUT2D eigenvalue weighted by Gasteiger charge is 2.28. The maximum atomic E-state index is 13.3. The van der Waals surface area contributed by atoms with Crippen LogP contribution >= 0.6 is 0 Å². The van der Waals surface area contributed by atoms with Crippen LogP contribution < -0.4 is 9.47 Å². The van der Waals surface area contributed by atoms with Gasteiger partial charge in [0, 0.05) is 24.4 Å². The lowest BCUT2D eigenvalue weighted by atomic mass is 9.87. The van der Waals surface area contributed by atoms with Crippen LogP contribution in [0.5, 0.6) is 11.5 Å². The van der Waals surface area contributed by atoms with Crippen LogP contribution in [0.3, 0.4) is 0 Å². The molecule has 4 nitrogen and oxygen atoms in total. The van der Waals surface area contributed by atoms with Crippen LogP contribution in [0.15, 0.2) is 42.5 Å². The van der Waals surface area contributed by atoms with Crippen LogP contribution in [0.25, 0.3) is 0 Å². The van der Waals surface area contributed by atoms with Gasteiger partial charge in [-0.2, -0.15) is 0 Å². The zero-order valence-electron chi connectivity index (χ0n) is 29.1. The molecule has 2 aromatic rings. The van der Waals surface area contributed by atoms with Crippen LogP contribution in [0, 0.1) is 11.7 Å². The topological polar surface area (TPSA) is 41.9 Å². The van der Waals surface area contributed by atoms with Gasteiger partial charge in [0.1, 0.15) is 5.82 Å². The fraction of sp³-hybridized carbons (Fsp3) is 0.455. The number of aliphatic hydroxyl groups excluding tert-OH is 1. The Morgan fingerprint density at radius 1 is 1.22 bits per heavy atom. The summed E-state index contributed by atoms with van der Waals surface area (Å²) in [6, 6.07) is 7.66. The highest BCUT2D eigenvalue weighted by molar-refractivity contribution is 5.47. The third-order valence-electron chi connectivity index (χ3n) is 3.98. The number of halogens is 1. The molecule has 1 aliphatic heterocycles. The largest absolute Gasteiger partial charge is 0.493 e. The van der Waals surface area contributed by atoms with Crippen molar-refractivity contribution < 1.29 is 39.5 Å². The van der Waals surface area contributed by atoms with Crippen molar-refractivity contribution in [3.63, 3.8) is 0 Å². The Labute approximate surface area is 181 Å². The number of hydrogen-bond donors (Lipinski definition) is 1. The lowest BCUT2D eigenvalue weighted by Gasteiger charge is -2.34. The maximum absolute atomic E-state index is 13.3. The first-order valence-electron chi connectivity index (χ1n) is 15.5. The number of benzene rings is 2. The highest BCUT2D eigenvalue weighted by atomic mass is 19.1. The summed E-state index contributed by atoms with van der Waals surface area (Å²) in [4.78, 5) is 0.247. The number of para-hydroxylation sites is 1. The first-order valence-corrected chi connectivity index (χ1v) is 8.02. The average Bonchev–Trinajstić information content (AvgIpc) is 2.82. The van der Waals surface area contributed by atoms with Gasteiger partial charge in [0.15, 0.2) is 11.5 Å². The number of aliphatic hydroxyl groups is 1. The van der Waals surface area contributed by atoms with Crippen molar-refractivity contribution in [1.29, 1.82) is 0 Å². The molecule has 1 N–H and O–H groups in total. The number of rotatable bonds is 7. The molecular weight excluding hydrogens is 345 g/mol. The summed E-state index contributed by atoms with van der Waals surface area (Å²) in [6.45, 7) is -7.60. The van der Waals surface area contributed by atoms with E-state index in [-0.39, 0.29) is 11.3 Å². The Bertz CT molecular complexity index is 1250. The number of piperidine rings is 1. The van der Waals surface area contributed by atoms with Crippen molar-refractivity contribution in [3.05, 3.63) is 59.4 Å². The molecule has 0 bridgehead atoms. The minimum absolute atomic E-state index is 0.176. The van der Waals surface area contributed by atoms with Gasteiger partial charge in [-0.15, -0.1) is 0 Å². The first-order chi connectivity index (χ1) is 18.8. The summed E-state index contributed by atoms with van der Waals surface area (Å²) in [5.74, 6) is -6.14. The minimum atomic E-state index is -3.76. The van der Waals surface area contributed by atoms with Crippen LogP contribution in [0.1, 0.15) is 50.5 Å². The predicted molar refractivity (Wildman–Crippen MR) is 104 cm³/mol. The lowest BCUT2D eigenvalue weighted by molar-refractivity contribution is 0.0573. The van der Waals surface area contributed by atoms with Gasteiger partial charge in [-0.1, -0.05) is 24.3 Å². The fourth-order valence-electron chi connectivity index (χ4n) is 2.55. The van der Waals surface area contributed by atoms with Gasteiger partial charge in [0.05, 0.1) is 28.4 Å². The molecule has 0 saturated carbocycles. The van der Waals surface area contributed by atoms with E-state index in [9.17, 15) is 9.50 Å². The van der Waals surface area contributed by atoms with Crippen molar-refractivity contribution in [2.45, 2.75) is 25.3 Å². The van der Waals surface area contributed by atoms with Gasteiger partial charge in [-0.25, -0.2) is 4.39 Å².